The van der Waals surface area contributed by atoms with Crippen LogP contribution in [0.15, 0.2) is 30.3 Å². The Morgan fingerprint density at radius 1 is 1.14 bits per heavy atom. The molecule has 1 aromatic heterocycles. The van der Waals surface area contributed by atoms with Gasteiger partial charge in [-0.15, -0.1) is 0 Å². The summed E-state index contributed by atoms with van der Waals surface area (Å²) in [6.45, 7) is 8.26. The lowest BCUT2D eigenvalue weighted by molar-refractivity contribution is 0.0398. The van der Waals surface area contributed by atoms with E-state index in [1.807, 2.05) is 6.92 Å². The number of morpholine rings is 1. The predicted molar refractivity (Wildman–Crippen MR) is 107 cm³/mol. The smallest absolute Gasteiger partial charge is 0.274 e. The number of carbonyl (C=O) groups excluding carboxylic acids is 2. The van der Waals surface area contributed by atoms with Gasteiger partial charge in [0, 0.05) is 43.1 Å². The normalized spacial score (nSPS) is 14.5. The number of ether oxygens (including phenoxy) is 1. The molecule has 0 spiro atoms. The van der Waals surface area contributed by atoms with Gasteiger partial charge in [0.25, 0.3) is 5.91 Å². The second-order valence-electron chi connectivity index (χ2n) is 6.69. The van der Waals surface area contributed by atoms with Crippen LogP contribution in [0.1, 0.15) is 33.5 Å². The molecule has 28 heavy (non-hydrogen) atoms. The van der Waals surface area contributed by atoms with Crippen LogP contribution in [0.3, 0.4) is 0 Å². The van der Waals surface area contributed by atoms with Crippen LogP contribution in [0.5, 0.6) is 0 Å². The summed E-state index contributed by atoms with van der Waals surface area (Å²) >= 11 is 0. The molecule has 2 aromatic rings. The van der Waals surface area contributed by atoms with Gasteiger partial charge in [0.05, 0.1) is 13.2 Å². The second-order valence-corrected chi connectivity index (χ2v) is 6.69. The summed E-state index contributed by atoms with van der Waals surface area (Å²) in [7, 11) is 0. The number of Topliss-reactive ketones (excluding diaryl/α,β-unsaturated/α-hetero) is 1. The van der Waals surface area contributed by atoms with Gasteiger partial charge in [-0.2, -0.15) is 0 Å². The van der Waals surface area contributed by atoms with Gasteiger partial charge >= 0.3 is 0 Å². The largest absolute Gasteiger partial charge is 0.379 e. The number of ketones is 1. The molecule has 2 heterocycles. The Morgan fingerprint density at radius 2 is 1.86 bits per heavy atom. The Morgan fingerprint density at radius 3 is 2.54 bits per heavy atom. The van der Waals surface area contributed by atoms with Gasteiger partial charge in [-0.05, 0) is 44.2 Å². The highest BCUT2D eigenvalue weighted by atomic mass is 16.5. The third kappa shape index (κ3) is 5.58. The summed E-state index contributed by atoms with van der Waals surface area (Å²) in [5.74, 6) is 0.0970. The van der Waals surface area contributed by atoms with E-state index in [4.69, 9.17) is 4.74 Å². The van der Waals surface area contributed by atoms with Gasteiger partial charge in [-0.1, -0.05) is 0 Å². The fourth-order valence-electron chi connectivity index (χ4n) is 2.90. The van der Waals surface area contributed by atoms with Gasteiger partial charge in [-0.3, -0.25) is 14.5 Å². The van der Waals surface area contributed by atoms with Crippen LogP contribution in [0.25, 0.3) is 0 Å². The lowest BCUT2D eigenvalue weighted by atomic mass is 10.1. The number of benzene rings is 1. The van der Waals surface area contributed by atoms with Crippen molar-refractivity contribution in [2.45, 2.75) is 13.8 Å². The molecule has 1 fully saturated rings. The van der Waals surface area contributed by atoms with E-state index in [9.17, 15) is 9.59 Å². The Labute approximate surface area is 164 Å². The number of hydrogen-bond acceptors (Lipinski definition) is 7. The average Bonchev–Trinajstić information content (AvgIpc) is 2.69. The first-order chi connectivity index (χ1) is 13.5. The number of nitrogens with zero attached hydrogens (tertiary/aromatic N) is 3. The first-order valence-corrected chi connectivity index (χ1v) is 9.33. The number of amides is 1. The molecule has 0 unspecified atom stereocenters. The standard InChI is InChI=1S/C20H25N5O3/c1-14-13-18(19(27)23-17-5-3-16(4-6-17)15(2)26)24-20(22-14)21-7-8-25-9-11-28-12-10-25/h3-6,13H,7-12H2,1-2H3,(H,23,27)(H,21,22,24). The Bertz CT molecular complexity index is 832. The highest BCUT2D eigenvalue weighted by molar-refractivity contribution is 6.03. The summed E-state index contributed by atoms with van der Waals surface area (Å²) in [5.41, 5.74) is 2.20. The first kappa shape index (κ1) is 19.9. The second kappa shape index (κ2) is 9.38. The monoisotopic (exact) mass is 383 g/mol. The van der Waals surface area contributed by atoms with Crippen molar-refractivity contribution in [1.82, 2.24) is 14.9 Å². The van der Waals surface area contributed by atoms with E-state index in [-0.39, 0.29) is 17.4 Å². The van der Waals surface area contributed by atoms with Crippen LogP contribution < -0.4 is 10.6 Å². The quantitative estimate of drug-likeness (QED) is 0.706. The number of carbonyl (C=O) groups is 2. The molecular formula is C20H25N5O3. The summed E-state index contributed by atoms with van der Waals surface area (Å²) in [6.07, 6.45) is 0. The number of rotatable bonds is 7. The molecule has 0 aliphatic carbocycles. The van der Waals surface area contributed by atoms with E-state index >= 15 is 0 Å². The van der Waals surface area contributed by atoms with Gasteiger partial charge in [0.2, 0.25) is 5.95 Å². The van der Waals surface area contributed by atoms with Crippen LogP contribution in [0.2, 0.25) is 0 Å². The van der Waals surface area contributed by atoms with Gasteiger partial charge in [-0.25, -0.2) is 9.97 Å². The molecule has 0 radical (unpaired) electrons. The molecular weight excluding hydrogens is 358 g/mol. The van der Waals surface area contributed by atoms with Crippen molar-refractivity contribution in [3.63, 3.8) is 0 Å². The molecule has 1 aromatic carbocycles. The minimum atomic E-state index is -0.322. The van der Waals surface area contributed by atoms with Gasteiger partial charge in [0.15, 0.2) is 5.78 Å². The highest BCUT2D eigenvalue weighted by Gasteiger charge is 2.13. The van der Waals surface area contributed by atoms with E-state index in [1.165, 1.54) is 6.92 Å². The molecule has 8 nitrogen and oxygen atoms in total. The number of hydrogen-bond donors (Lipinski definition) is 2. The van der Waals surface area contributed by atoms with Crippen molar-refractivity contribution in [3.8, 4) is 0 Å². The molecule has 8 heteroatoms. The van der Waals surface area contributed by atoms with Crippen molar-refractivity contribution < 1.29 is 14.3 Å². The summed E-state index contributed by atoms with van der Waals surface area (Å²) in [4.78, 5) is 34.9. The minimum Gasteiger partial charge on any atom is -0.379 e. The van der Waals surface area contributed by atoms with Gasteiger partial charge < -0.3 is 15.4 Å². The fourth-order valence-corrected chi connectivity index (χ4v) is 2.90. The first-order valence-electron chi connectivity index (χ1n) is 9.33. The summed E-state index contributed by atoms with van der Waals surface area (Å²) < 4.78 is 5.34. The molecule has 1 aliphatic rings. The van der Waals surface area contributed by atoms with E-state index in [0.29, 0.717) is 29.4 Å². The van der Waals surface area contributed by atoms with Crippen molar-refractivity contribution in [3.05, 3.63) is 47.3 Å². The highest BCUT2D eigenvalue weighted by Crippen LogP contribution is 2.12. The van der Waals surface area contributed by atoms with E-state index < -0.39 is 0 Å². The zero-order valence-corrected chi connectivity index (χ0v) is 16.2. The molecule has 0 saturated carbocycles. The third-order valence-electron chi connectivity index (χ3n) is 4.45. The lowest BCUT2D eigenvalue weighted by Gasteiger charge is -2.26. The number of anilines is 2. The maximum atomic E-state index is 12.5. The molecule has 1 aliphatic heterocycles. The zero-order valence-electron chi connectivity index (χ0n) is 16.2. The molecule has 2 N–H and O–H groups in total. The fraction of sp³-hybridized carbons (Fsp3) is 0.400. The maximum absolute atomic E-state index is 12.5. The van der Waals surface area contributed by atoms with Crippen LogP contribution >= 0.6 is 0 Å². The van der Waals surface area contributed by atoms with Crippen LogP contribution in [0, 0.1) is 6.92 Å². The molecule has 0 bridgehead atoms. The molecule has 0 atom stereocenters. The van der Waals surface area contributed by atoms with Crippen molar-refractivity contribution in [2.75, 3.05) is 50.0 Å². The number of nitrogens with one attached hydrogen (secondary N) is 2. The van der Waals surface area contributed by atoms with Crippen molar-refractivity contribution >= 4 is 23.3 Å². The number of aryl methyl sites for hydroxylation is 1. The van der Waals surface area contributed by atoms with Crippen LogP contribution in [-0.4, -0.2) is 66.0 Å². The number of aromatic nitrogens is 2. The molecule has 1 saturated heterocycles. The summed E-state index contributed by atoms with van der Waals surface area (Å²) in [5, 5.41) is 5.99. The summed E-state index contributed by atoms with van der Waals surface area (Å²) in [6, 6.07) is 8.41. The third-order valence-corrected chi connectivity index (χ3v) is 4.45. The van der Waals surface area contributed by atoms with E-state index in [2.05, 4.69) is 25.5 Å². The topological polar surface area (TPSA) is 96.5 Å². The zero-order chi connectivity index (χ0) is 19.9. The maximum Gasteiger partial charge on any atom is 0.274 e. The molecule has 1 amide bonds. The van der Waals surface area contributed by atoms with Crippen LogP contribution in [0.4, 0.5) is 11.6 Å². The van der Waals surface area contributed by atoms with Crippen molar-refractivity contribution in [1.29, 1.82) is 0 Å². The Hall–Kier alpha value is -2.84. The van der Waals surface area contributed by atoms with Gasteiger partial charge in [0.1, 0.15) is 5.69 Å². The van der Waals surface area contributed by atoms with Crippen LogP contribution in [-0.2, 0) is 4.74 Å². The van der Waals surface area contributed by atoms with E-state index in [0.717, 1.165) is 32.8 Å². The van der Waals surface area contributed by atoms with E-state index in [1.54, 1.807) is 30.3 Å². The molecule has 148 valence electrons. The minimum absolute atomic E-state index is 0.0166. The average molecular weight is 383 g/mol. The Balaban J connectivity index is 1.59. The lowest BCUT2D eigenvalue weighted by Crippen LogP contribution is -2.39. The molecule has 3 rings (SSSR count). The SMILES string of the molecule is CC(=O)c1ccc(NC(=O)c2cc(C)nc(NCCN3CCOCC3)n2)cc1. The Kier molecular flexibility index (Phi) is 6.67. The predicted octanol–water partition coefficient (Wildman–Crippen LogP) is 1.98. The van der Waals surface area contributed by atoms with Crippen molar-refractivity contribution in [2.24, 2.45) is 0 Å².